The molecular formula is C17H22N2. The fourth-order valence-electron chi connectivity index (χ4n) is 2.03. The molecule has 0 heterocycles. The largest absolute Gasteiger partial charge is 0.368 e. The third-order valence-electron chi connectivity index (χ3n) is 3.15. The Labute approximate surface area is 116 Å². The summed E-state index contributed by atoms with van der Waals surface area (Å²) >= 11 is 0. The molecule has 0 aliphatic rings. The van der Waals surface area contributed by atoms with Crippen LogP contribution in [0.1, 0.15) is 19.8 Å². The first-order valence-electron chi connectivity index (χ1n) is 6.99. The van der Waals surface area contributed by atoms with Crippen molar-refractivity contribution in [2.45, 2.75) is 19.8 Å². The number of para-hydroxylation sites is 2. The zero-order valence-corrected chi connectivity index (χ0v) is 11.5. The van der Waals surface area contributed by atoms with Gasteiger partial charge in [-0.1, -0.05) is 49.7 Å². The molecule has 0 aliphatic heterocycles. The smallest absolute Gasteiger partial charge is 0.0876 e. The summed E-state index contributed by atoms with van der Waals surface area (Å²) in [6.45, 7) is 4.15. The number of hydrogen-bond donors (Lipinski definition) is 1. The summed E-state index contributed by atoms with van der Waals surface area (Å²) in [5.74, 6) is 0. The van der Waals surface area contributed by atoms with Crippen LogP contribution in [-0.2, 0) is 0 Å². The van der Waals surface area contributed by atoms with E-state index in [9.17, 15) is 0 Å². The summed E-state index contributed by atoms with van der Waals surface area (Å²) in [7, 11) is 0. The normalized spacial score (nSPS) is 10.2. The zero-order chi connectivity index (χ0) is 13.3. The van der Waals surface area contributed by atoms with Gasteiger partial charge < -0.3 is 10.2 Å². The van der Waals surface area contributed by atoms with Crippen molar-refractivity contribution in [3.63, 3.8) is 0 Å². The summed E-state index contributed by atoms with van der Waals surface area (Å²) < 4.78 is 0. The van der Waals surface area contributed by atoms with Gasteiger partial charge in [-0.25, -0.2) is 0 Å². The first-order chi connectivity index (χ1) is 9.40. The molecule has 0 saturated heterocycles. The molecule has 0 unspecified atom stereocenters. The molecule has 0 bridgehead atoms. The first-order valence-corrected chi connectivity index (χ1v) is 6.99. The Hall–Kier alpha value is -1.96. The van der Waals surface area contributed by atoms with Crippen LogP contribution in [0, 0.1) is 0 Å². The molecule has 0 atom stereocenters. The Bertz CT molecular complexity index is 453. The van der Waals surface area contributed by atoms with Gasteiger partial charge in [0, 0.05) is 17.9 Å². The van der Waals surface area contributed by atoms with Crippen molar-refractivity contribution in [1.29, 1.82) is 0 Å². The van der Waals surface area contributed by atoms with E-state index in [1.165, 1.54) is 24.2 Å². The van der Waals surface area contributed by atoms with Crippen LogP contribution < -0.4 is 10.2 Å². The summed E-state index contributed by atoms with van der Waals surface area (Å²) in [5.41, 5.74) is 2.44. The van der Waals surface area contributed by atoms with Gasteiger partial charge in [0.25, 0.3) is 0 Å². The molecule has 100 valence electrons. The Morgan fingerprint density at radius 1 is 0.895 bits per heavy atom. The molecule has 0 aliphatic carbocycles. The lowest BCUT2D eigenvalue weighted by molar-refractivity contribution is 0.736. The molecule has 2 aromatic carbocycles. The highest BCUT2D eigenvalue weighted by Crippen LogP contribution is 2.14. The summed E-state index contributed by atoms with van der Waals surface area (Å²) in [5, 5.41) is 3.48. The van der Waals surface area contributed by atoms with E-state index in [1.54, 1.807) is 0 Å². The van der Waals surface area contributed by atoms with E-state index >= 15 is 0 Å². The van der Waals surface area contributed by atoms with Crippen LogP contribution in [0.25, 0.3) is 0 Å². The van der Waals surface area contributed by atoms with Gasteiger partial charge in [0.15, 0.2) is 0 Å². The molecule has 0 saturated carbocycles. The first kappa shape index (κ1) is 13.5. The lowest BCUT2D eigenvalue weighted by atomic mass is 10.2. The SMILES string of the molecule is CCCCN(CNc1ccccc1)c1ccccc1. The summed E-state index contributed by atoms with van der Waals surface area (Å²) in [6.07, 6.45) is 2.43. The monoisotopic (exact) mass is 254 g/mol. The number of hydrogen-bond acceptors (Lipinski definition) is 2. The molecule has 0 spiro atoms. The van der Waals surface area contributed by atoms with E-state index in [0.29, 0.717) is 0 Å². The highest BCUT2D eigenvalue weighted by molar-refractivity contribution is 5.49. The maximum atomic E-state index is 3.48. The Kier molecular flexibility index (Phi) is 5.30. The molecule has 19 heavy (non-hydrogen) atoms. The number of anilines is 2. The Morgan fingerprint density at radius 2 is 1.53 bits per heavy atom. The van der Waals surface area contributed by atoms with E-state index in [2.05, 4.69) is 71.7 Å². The van der Waals surface area contributed by atoms with E-state index in [-0.39, 0.29) is 0 Å². The predicted molar refractivity (Wildman–Crippen MR) is 83.6 cm³/mol. The minimum absolute atomic E-state index is 0.841. The average Bonchev–Trinajstić information content (AvgIpc) is 2.49. The van der Waals surface area contributed by atoms with Crippen LogP contribution in [-0.4, -0.2) is 13.2 Å². The van der Waals surface area contributed by atoms with Crippen molar-refractivity contribution >= 4 is 11.4 Å². The molecular weight excluding hydrogens is 232 g/mol. The number of unbranched alkanes of at least 4 members (excludes halogenated alkanes) is 1. The minimum atomic E-state index is 0.841. The van der Waals surface area contributed by atoms with Gasteiger partial charge in [0.05, 0.1) is 6.67 Å². The molecule has 0 radical (unpaired) electrons. The number of rotatable bonds is 7. The number of nitrogens with one attached hydrogen (secondary N) is 1. The van der Waals surface area contributed by atoms with Crippen LogP contribution in [0.15, 0.2) is 60.7 Å². The quantitative estimate of drug-likeness (QED) is 0.738. The van der Waals surface area contributed by atoms with Gasteiger partial charge in [-0.2, -0.15) is 0 Å². The van der Waals surface area contributed by atoms with Crippen LogP contribution >= 0.6 is 0 Å². The molecule has 0 amide bonds. The van der Waals surface area contributed by atoms with Crippen molar-refractivity contribution in [2.75, 3.05) is 23.4 Å². The Morgan fingerprint density at radius 3 is 2.16 bits per heavy atom. The third-order valence-corrected chi connectivity index (χ3v) is 3.15. The van der Waals surface area contributed by atoms with E-state index in [0.717, 1.165) is 13.2 Å². The maximum Gasteiger partial charge on any atom is 0.0876 e. The van der Waals surface area contributed by atoms with Crippen LogP contribution in [0.2, 0.25) is 0 Å². The van der Waals surface area contributed by atoms with Crippen LogP contribution in [0.5, 0.6) is 0 Å². The second kappa shape index (κ2) is 7.47. The van der Waals surface area contributed by atoms with Crippen molar-refractivity contribution in [2.24, 2.45) is 0 Å². The Balaban J connectivity index is 1.98. The van der Waals surface area contributed by atoms with Crippen LogP contribution in [0.3, 0.4) is 0 Å². The molecule has 2 rings (SSSR count). The van der Waals surface area contributed by atoms with Gasteiger partial charge in [-0.3, -0.25) is 0 Å². The van der Waals surface area contributed by atoms with Gasteiger partial charge in [0.2, 0.25) is 0 Å². The second-order valence-electron chi connectivity index (χ2n) is 4.65. The van der Waals surface area contributed by atoms with Gasteiger partial charge >= 0.3 is 0 Å². The molecule has 2 heteroatoms. The summed E-state index contributed by atoms with van der Waals surface area (Å²) in [6, 6.07) is 20.9. The molecule has 2 nitrogen and oxygen atoms in total. The predicted octanol–water partition coefficient (Wildman–Crippen LogP) is 4.36. The van der Waals surface area contributed by atoms with Gasteiger partial charge in [-0.15, -0.1) is 0 Å². The van der Waals surface area contributed by atoms with E-state index in [1.807, 2.05) is 6.07 Å². The molecule has 0 aromatic heterocycles. The highest BCUT2D eigenvalue weighted by atomic mass is 15.2. The number of benzene rings is 2. The van der Waals surface area contributed by atoms with E-state index in [4.69, 9.17) is 0 Å². The topological polar surface area (TPSA) is 15.3 Å². The zero-order valence-electron chi connectivity index (χ0n) is 11.5. The minimum Gasteiger partial charge on any atom is -0.368 e. The third kappa shape index (κ3) is 4.32. The van der Waals surface area contributed by atoms with Crippen molar-refractivity contribution in [3.8, 4) is 0 Å². The lowest BCUT2D eigenvalue weighted by Gasteiger charge is -2.25. The highest BCUT2D eigenvalue weighted by Gasteiger charge is 2.04. The average molecular weight is 254 g/mol. The van der Waals surface area contributed by atoms with Crippen molar-refractivity contribution < 1.29 is 0 Å². The maximum absolute atomic E-state index is 3.48. The van der Waals surface area contributed by atoms with Gasteiger partial charge in [-0.05, 0) is 30.7 Å². The lowest BCUT2D eigenvalue weighted by Crippen LogP contribution is -2.30. The fourth-order valence-corrected chi connectivity index (χ4v) is 2.03. The fraction of sp³-hybridized carbons (Fsp3) is 0.294. The van der Waals surface area contributed by atoms with E-state index < -0.39 is 0 Å². The molecule has 0 fully saturated rings. The van der Waals surface area contributed by atoms with Gasteiger partial charge in [0.1, 0.15) is 0 Å². The van der Waals surface area contributed by atoms with Crippen molar-refractivity contribution in [1.82, 2.24) is 0 Å². The molecule has 2 aromatic rings. The number of nitrogens with zero attached hydrogens (tertiary/aromatic N) is 1. The summed E-state index contributed by atoms with van der Waals surface area (Å²) in [4.78, 5) is 2.39. The van der Waals surface area contributed by atoms with Crippen molar-refractivity contribution in [3.05, 3.63) is 60.7 Å². The van der Waals surface area contributed by atoms with Crippen LogP contribution in [0.4, 0.5) is 11.4 Å². The standard InChI is InChI=1S/C17H22N2/c1-2-3-14-19(17-12-8-5-9-13-17)15-18-16-10-6-4-7-11-16/h4-13,18H,2-3,14-15H2,1H3. The molecule has 1 N–H and O–H groups in total. The second-order valence-corrected chi connectivity index (χ2v) is 4.65.